The van der Waals surface area contributed by atoms with Gasteiger partial charge in [0.1, 0.15) is 0 Å². The third-order valence-corrected chi connectivity index (χ3v) is 2.48. The molecule has 0 unspecified atom stereocenters. The Morgan fingerprint density at radius 2 is 1.87 bits per heavy atom. The van der Waals surface area contributed by atoms with E-state index >= 15 is 0 Å². The van der Waals surface area contributed by atoms with E-state index in [2.05, 4.69) is 18.7 Å². The molecule has 0 N–H and O–H groups in total. The first-order chi connectivity index (χ1) is 7.19. The Bertz CT molecular complexity index is 335. The van der Waals surface area contributed by atoms with E-state index in [1.807, 2.05) is 12.1 Å². The summed E-state index contributed by atoms with van der Waals surface area (Å²) in [5.41, 5.74) is 0.996. The van der Waals surface area contributed by atoms with Crippen LogP contribution in [0.5, 0.6) is 0 Å². The Hall–Kier alpha value is -1.42. The number of rotatable bonds is 5. The molecule has 0 bridgehead atoms. The molecule has 0 fully saturated rings. The number of hydrogen-bond donors (Lipinski definition) is 0. The first-order valence-corrected chi connectivity index (χ1v) is 5.13. The molecule has 0 heterocycles. The SMILES string of the molecule is CCN(CC)Cc1ccccc1[N+](=O)[O-]. The van der Waals surface area contributed by atoms with Crippen LogP contribution >= 0.6 is 0 Å². The zero-order valence-electron chi connectivity index (χ0n) is 9.14. The molecule has 15 heavy (non-hydrogen) atoms. The summed E-state index contributed by atoms with van der Waals surface area (Å²) < 4.78 is 0. The van der Waals surface area contributed by atoms with E-state index in [0.717, 1.165) is 18.7 Å². The highest BCUT2D eigenvalue weighted by Gasteiger charge is 2.13. The molecule has 82 valence electrons. The monoisotopic (exact) mass is 208 g/mol. The lowest BCUT2D eigenvalue weighted by atomic mass is 10.1. The largest absolute Gasteiger partial charge is 0.299 e. The first-order valence-electron chi connectivity index (χ1n) is 5.13. The van der Waals surface area contributed by atoms with E-state index in [1.165, 1.54) is 0 Å². The average molecular weight is 208 g/mol. The topological polar surface area (TPSA) is 46.4 Å². The number of nitrogens with zero attached hydrogens (tertiary/aromatic N) is 2. The Kier molecular flexibility index (Phi) is 4.24. The number of para-hydroxylation sites is 1. The maximum absolute atomic E-state index is 10.8. The van der Waals surface area contributed by atoms with Crippen molar-refractivity contribution in [3.05, 3.63) is 39.9 Å². The van der Waals surface area contributed by atoms with Crippen LogP contribution in [0.25, 0.3) is 0 Å². The van der Waals surface area contributed by atoms with Crippen molar-refractivity contribution in [1.82, 2.24) is 4.90 Å². The highest BCUT2D eigenvalue weighted by molar-refractivity contribution is 5.39. The zero-order valence-corrected chi connectivity index (χ0v) is 9.14. The highest BCUT2D eigenvalue weighted by atomic mass is 16.6. The fraction of sp³-hybridized carbons (Fsp3) is 0.455. The molecule has 0 aliphatic heterocycles. The summed E-state index contributed by atoms with van der Waals surface area (Å²) in [6.07, 6.45) is 0. The third-order valence-electron chi connectivity index (χ3n) is 2.48. The van der Waals surface area contributed by atoms with Gasteiger partial charge in [-0.25, -0.2) is 0 Å². The van der Waals surface area contributed by atoms with Gasteiger partial charge in [0.05, 0.1) is 4.92 Å². The van der Waals surface area contributed by atoms with E-state index in [4.69, 9.17) is 0 Å². The fourth-order valence-electron chi connectivity index (χ4n) is 1.51. The summed E-state index contributed by atoms with van der Waals surface area (Å²) in [5.74, 6) is 0. The average Bonchev–Trinajstić information content (AvgIpc) is 2.26. The van der Waals surface area contributed by atoms with Crippen LogP contribution in [0.1, 0.15) is 19.4 Å². The predicted octanol–water partition coefficient (Wildman–Crippen LogP) is 2.44. The van der Waals surface area contributed by atoms with Gasteiger partial charge in [-0.15, -0.1) is 0 Å². The van der Waals surface area contributed by atoms with E-state index in [9.17, 15) is 10.1 Å². The van der Waals surface area contributed by atoms with Gasteiger partial charge >= 0.3 is 0 Å². The Morgan fingerprint density at radius 1 is 1.27 bits per heavy atom. The molecule has 1 rings (SSSR count). The van der Waals surface area contributed by atoms with Crippen molar-refractivity contribution >= 4 is 5.69 Å². The fourth-order valence-corrected chi connectivity index (χ4v) is 1.51. The Labute approximate surface area is 89.7 Å². The van der Waals surface area contributed by atoms with Crippen molar-refractivity contribution in [2.24, 2.45) is 0 Å². The second-order valence-corrected chi connectivity index (χ2v) is 3.35. The normalized spacial score (nSPS) is 10.6. The second kappa shape index (κ2) is 5.46. The summed E-state index contributed by atoms with van der Waals surface area (Å²) in [4.78, 5) is 12.6. The molecular formula is C11H16N2O2. The van der Waals surface area contributed by atoms with Crippen LogP contribution in [0.2, 0.25) is 0 Å². The Morgan fingerprint density at radius 3 is 2.40 bits per heavy atom. The van der Waals surface area contributed by atoms with E-state index in [-0.39, 0.29) is 10.6 Å². The summed E-state index contributed by atoms with van der Waals surface area (Å²) in [7, 11) is 0. The minimum absolute atomic E-state index is 0.212. The molecule has 0 radical (unpaired) electrons. The van der Waals surface area contributed by atoms with Crippen molar-refractivity contribution in [3.8, 4) is 0 Å². The maximum atomic E-state index is 10.8. The molecule has 4 nitrogen and oxygen atoms in total. The minimum atomic E-state index is -0.321. The molecule has 4 heteroatoms. The van der Waals surface area contributed by atoms with Gasteiger partial charge in [-0.3, -0.25) is 15.0 Å². The lowest BCUT2D eigenvalue weighted by Gasteiger charge is -2.17. The van der Waals surface area contributed by atoms with Crippen molar-refractivity contribution in [1.29, 1.82) is 0 Å². The van der Waals surface area contributed by atoms with Crippen LogP contribution in [0.3, 0.4) is 0 Å². The van der Waals surface area contributed by atoms with Gasteiger partial charge < -0.3 is 0 Å². The smallest absolute Gasteiger partial charge is 0.273 e. The number of nitro benzene ring substituents is 1. The van der Waals surface area contributed by atoms with Crippen LogP contribution in [0, 0.1) is 10.1 Å². The van der Waals surface area contributed by atoms with Gasteiger partial charge in [0.2, 0.25) is 0 Å². The van der Waals surface area contributed by atoms with Crippen molar-refractivity contribution in [2.75, 3.05) is 13.1 Å². The molecular weight excluding hydrogens is 192 g/mol. The van der Waals surface area contributed by atoms with Gasteiger partial charge in [-0.2, -0.15) is 0 Å². The van der Waals surface area contributed by atoms with Crippen LogP contribution in [-0.4, -0.2) is 22.9 Å². The van der Waals surface area contributed by atoms with Crippen LogP contribution < -0.4 is 0 Å². The lowest BCUT2D eigenvalue weighted by molar-refractivity contribution is -0.385. The third kappa shape index (κ3) is 3.02. The van der Waals surface area contributed by atoms with Gasteiger partial charge in [0.25, 0.3) is 5.69 Å². The summed E-state index contributed by atoms with van der Waals surface area (Å²) in [6, 6.07) is 6.91. The minimum Gasteiger partial charge on any atom is -0.299 e. The molecule has 1 aromatic rings. The number of benzene rings is 1. The molecule has 0 atom stereocenters. The van der Waals surface area contributed by atoms with Gasteiger partial charge in [0.15, 0.2) is 0 Å². The summed E-state index contributed by atoms with van der Waals surface area (Å²) >= 11 is 0. The van der Waals surface area contributed by atoms with E-state index < -0.39 is 0 Å². The second-order valence-electron chi connectivity index (χ2n) is 3.35. The van der Waals surface area contributed by atoms with Gasteiger partial charge in [0, 0.05) is 18.2 Å². The molecule has 0 aliphatic carbocycles. The lowest BCUT2D eigenvalue weighted by Crippen LogP contribution is -2.22. The quantitative estimate of drug-likeness (QED) is 0.551. The molecule has 0 aromatic heterocycles. The summed E-state index contributed by atoms with van der Waals surface area (Å²) in [5, 5.41) is 10.8. The standard InChI is InChI=1S/C11H16N2O2/c1-3-12(4-2)9-10-7-5-6-8-11(10)13(14)15/h5-8H,3-4,9H2,1-2H3. The molecule has 1 aromatic carbocycles. The number of hydrogen-bond acceptors (Lipinski definition) is 3. The Balaban J connectivity index is 2.88. The van der Waals surface area contributed by atoms with Gasteiger partial charge in [-0.05, 0) is 13.1 Å². The van der Waals surface area contributed by atoms with Gasteiger partial charge in [-0.1, -0.05) is 32.0 Å². The van der Waals surface area contributed by atoms with Crippen molar-refractivity contribution in [2.45, 2.75) is 20.4 Å². The van der Waals surface area contributed by atoms with Crippen molar-refractivity contribution in [3.63, 3.8) is 0 Å². The molecule has 0 aliphatic rings. The molecule has 0 amide bonds. The number of nitro groups is 1. The first kappa shape index (κ1) is 11.7. The molecule has 0 saturated carbocycles. The van der Waals surface area contributed by atoms with Crippen LogP contribution in [-0.2, 0) is 6.54 Å². The highest BCUT2D eigenvalue weighted by Crippen LogP contribution is 2.19. The maximum Gasteiger partial charge on any atom is 0.273 e. The molecule has 0 saturated heterocycles. The van der Waals surface area contributed by atoms with Crippen LogP contribution in [0.4, 0.5) is 5.69 Å². The summed E-state index contributed by atoms with van der Waals surface area (Å²) in [6.45, 7) is 6.56. The van der Waals surface area contributed by atoms with Crippen molar-refractivity contribution < 1.29 is 4.92 Å². The van der Waals surface area contributed by atoms with E-state index in [1.54, 1.807) is 12.1 Å². The predicted molar refractivity (Wildman–Crippen MR) is 59.7 cm³/mol. The van der Waals surface area contributed by atoms with E-state index in [0.29, 0.717) is 6.54 Å². The zero-order chi connectivity index (χ0) is 11.3. The van der Waals surface area contributed by atoms with Crippen LogP contribution in [0.15, 0.2) is 24.3 Å². The molecule has 0 spiro atoms.